The molecule has 1 N–H and O–H groups in total. The van der Waals surface area contributed by atoms with Crippen LogP contribution in [-0.2, 0) is 16.0 Å². The van der Waals surface area contributed by atoms with E-state index in [1.807, 2.05) is 37.3 Å². The van der Waals surface area contributed by atoms with Crippen molar-refractivity contribution >= 4 is 61.5 Å². The lowest BCUT2D eigenvalue weighted by Crippen LogP contribution is -2.54. The summed E-state index contributed by atoms with van der Waals surface area (Å²) >= 11 is 7.18. The van der Waals surface area contributed by atoms with Gasteiger partial charge >= 0.3 is 6.03 Å². The van der Waals surface area contributed by atoms with Gasteiger partial charge in [-0.1, -0.05) is 67.8 Å². The van der Waals surface area contributed by atoms with E-state index >= 15 is 0 Å². The average Bonchev–Trinajstić information content (AvgIpc) is 2.80. The first-order valence-corrected chi connectivity index (χ1v) is 11.9. The molecule has 8 heteroatoms. The van der Waals surface area contributed by atoms with Crippen molar-refractivity contribution in [3.05, 3.63) is 97.4 Å². The maximum Gasteiger partial charge on any atom is 0.335 e. The van der Waals surface area contributed by atoms with Crippen molar-refractivity contribution in [2.75, 3.05) is 12.0 Å². The lowest BCUT2D eigenvalue weighted by Gasteiger charge is -2.26. The Morgan fingerprint density at radius 1 is 0.971 bits per heavy atom. The molecule has 0 aliphatic carbocycles. The number of imide groups is 2. The number of anilines is 1. The maximum absolute atomic E-state index is 13.1. The number of amides is 4. The lowest BCUT2D eigenvalue weighted by atomic mass is 10.0. The Kier molecular flexibility index (Phi) is 7.00. The quantitative estimate of drug-likeness (QED) is 0.305. The van der Waals surface area contributed by atoms with E-state index < -0.39 is 17.8 Å². The van der Waals surface area contributed by atoms with Crippen LogP contribution in [0.5, 0.6) is 5.75 Å². The summed E-state index contributed by atoms with van der Waals surface area (Å²) in [4.78, 5) is 39.1. The third-order valence-electron chi connectivity index (χ3n) is 5.43. The summed E-state index contributed by atoms with van der Waals surface area (Å²) in [7, 11) is 1.57. The molecule has 1 fully saturated rings. The van der Waals surface area contributed by atoms with Crippen LogP contribution in [0.3, 0.4) is 0 Å². The second-order valence-corrected chi connectivity index (χ2v) is 9.45. The van der Waals surface area contributed by atoms with Gasteiger partial charge in [0.15, 0.2) is 0 Å². The molecule has 0 saturated carbocycles. The first-order valence-electron chi connectivity index (χ1n) is 10.4. The number of urea groups is 1. The van der Waals surface area contributed by atoms with E-state index in [4.69, 9.17) is 4.74 Å². The van der Waals surface area contributed by atoms with Crippen molar-refractivity contribution < 1.29 is 19.1 Å². The summed E-state index contributed by atoms with van der Waals surface area (Å²) in [6.07, 6.45) is 2.07. The fourth-order valence-corrected chi connectivity index (χ4v) is 4.68. The molecule has 0 radical (unpaired) electrons. The van der Waals surface area contributed by atoms with Crippen molar-refractivity contribution in [1.29, 1.82) is 0 Å². The van der Waals surface area contributed by atoms with Crippen molar-refractivity contribution in [2.24, 2.45) is 0 Å². The van der Waals surface area contributed by atoms with Gasteiger partial charge in [0.25, 0.3) is 11.8 Å². The van der Waals surface area contributed by atoms with Crippen LogP contribution in [0.4, 0.5) is 10.5 Å². The fraction of sp³-hybridized carbons (Fsp3) is 0.115. The average molecular weight is 584 g/mol. The Morgan fingerprint density at radius 3 is 2.35 bits per heavy atom. The Hall–Kier alpha value is -3.23. The Labute approximate surface area is 213 Å². The van der Waals surface area contributed by atoms with Gasteiger partial charge in [-0.25, -0.2) is 9.69 Å². The standard InChI is InChI=1S/C26H20Br2N2O4/c1-15-7-9-18(10-8-15)30-25(32)20(24(31)29-26(30)33)11-16-12-22(28)19(23(13-16)34-2)14-17-5-3-4-6-21(17)27/h3-13H,14H2,1-2H3,(H,29,31,33)/b20-11+. The number of hydrogen-bond acceptors (Lipinski definition) is 4. The summed E-state index contributed by atoms with van der Waals surface area (Å²) in [5.41, 5.74) is 3.81. The molecule has 6 nitrogen and oxygen atoms in total. The fourth-order valence-electron chi connectivity index (χ4n) is 3.65. The predicted molar refractivity (Wildman–Crippen MR) is 138 cm³/mol. The highest BCUT2D eigenvalue weighted by molar-refractivity contribution is 9.10. The minimum atomic E-state index is -0.779. The Balaban J connectivity index is 1.71. The molecule has 1 aliphatic heterocycles. The summed E-state index contributed by atoms with van der Waals surface area (Å²) in [5, 5.41) is 2.25. The van der Waals surface area contributed by atoms with Crippen LogP contribution in [0, 0.1) is 6.92 Å². The van der Waals surface area contributed by atoms with E-state index in [-0.39, 0.29) is 5.57 Å². The molecule has 4 amide bonds. The first-order chi connectivity index (χ1) is 16.3. The zero-order valence-electron chi connectivity index (χ0n) is 18.4. The van der Waals surface area contributed by atoms with Crippen molar-refractivity contribution in [1.82, 2.24) is 5.32 Å². The summed E-state index contributed by atoms with van der Waals surface area (Å²) in [5.74, 6) is -0.831. The van der Waals surface area contributed by atoms with Gasteiger partial charge < -0.3 is 4.74 Å². The largest absolute Gasteiger partial charge is 0.496 e. The normalized spacial score (nSPS) is 15.0. The molecule has 0 unspecified atom stereocenters. The summed E-state index contributed by atoms with van der Waals surface area (Å²) < 4.78 is 7.37. The molecule has 1 saturated heterocycles. The van der Waals surface area contributed by atoms with Crippen LogP contribution in [-0.4, -0.2) is 25.0 Å². The zero-order valence-corrected chi connectivity index (χ0v) is 21.6. The first kappa shape index (κ1) is 23.9. The van der Waals surface area contributed by atoms with Crippen molar-refractivity contribution in [3.63, 3.8) is 0 Å². The molecule has 3 aromatic carbocycles. The minimum absolute atomic E-state index is 0.146. The molecule has 0 aromatic heterocycles. The second-order valence-electron chi connectivity index (χ2n) is 7.75. The highest BCUT2D eigenvalue weighted by atomic mass is 79.9. The van der Waals surface area contributed by atoms with Crippen LogP contribution >= 0.6 is 31.9 Å². The molecule has 0 spiro atoms. The number of carbonyl (C=O) groups excluding carboxylic acids is 3. The van der Waals surface area contributed by atoms with E-state index in [0.29, 0.717) is 23.4 Å². The highest BCUT2D eigenvalue weighted by Crippen LogP contribution is 2.34. The number of nitrogens with zero attached hydrogens (tertiary/aromatic N) is 1. The number of barbiturate groups is 1. The lowest BCUT2D eigenvalue weighted by molar-refractivity contribution is -0.122. The molecule has 0 atom stereocenters. The zero-order chi connectivity index (χ0) is 24.4. The van der Waals surface area contributed by atoms with E-state index in [1.165, 1.54) is 6.08 Å². The Morgan fingerprint density at radius 2 is 1.68 bits per heavy atom. The topological polar surface area (TPSA) is 75.7 Å². The van der Waals surface area contributed by atoms with E-state index in [0.717, 1.165) is 30.5 Å². The van der Waals surface area contributed by atoms with Crippen LogP contribution < -0.4 is 15.0 Å². The van der Waals surface area contributed by atoms with Crippen molar-refractivity contribution in [2.45, 2.75) is 13.3 Å². The summed E-state index contributed by atoms with van der Waals surface area (Å²) in [6, 6.07) is 17.6. The van der Waals surface area contributed by atoms with Crippen LogP contribution in [0.2, 0.25) is 0 Å². The number of rotatable bonds is 5. The molecule has 34 heavy (non-hydrogen) atoms. The number of carbonyl (C=O) groups is 3. The van der Waals surface area contributed by atoms with Gasteiger partial charge in [-0.3, -0.25) is 14.9 Å². The van der Waals surface area contributed by atoms with Gasteiger partial charge in [0.1, 0.15) is 11.3 Å². The number of benzene rings is 3. The van der Waals surface area contributed by atoms with Crippen LogP contribution in [0.1, 0.15) is 22.3 Å². The van der Waals surface area contributed by atoms with Gasteiger partial charge in [0.2, 0.25) is 0 Å². The monoisotopic (exact) mass is 582 g/mol. The molecule has 4 rings (SSSR count). The van der Waals surface area contributed by atoms with Gasteiger partial charge in [0.05, 0.1) is 12.8 Å². The SMILES string of the molecule is COc1cc(/C=C2\C(=O)NC(=O)N(c3ccc(C)cc3)C2=O)cc(Br)c1Cc1ccccc1Br. The van der Waals surface area contributed by atoms with Gasteiger partial charge in [-0.2, -0.15) is 0 Å². The second kappa shape index (κ2) is 9.95. The molecule has 172 valence electrons. The molecule has 0 bridgehead atoms. The van der Waals surface area contributed by atoms with Gasteiger partial charge in [-0.15, -0.1) is 0 Å². The third-order valence-corrected chi connectivity index (χ3v) is 6.91. The number of methoxy groups -OCH3 is 1. The molecule has 3 aromatic rings. The number of nitrogens with one attached hydrogen (secondary N) is 1. The number of aryl methyl sites for hydroxylation is 1. The minimum Gasteiger partial charge on any atom is -0.496 e. The van der Waals surface area contributed by atoms with E-state index in [2.05, 4.69) is 37.2 Å². The number of halogens is 2. The highest BCUT2D eigenvalue weighted by Gasteiger charge is 2.36. The molecule has 1 heterocycles. The third kappa shape index (κ3) is 4.83. The molecule has 1 aliphatic rings. The molecular weight excluding hydrogens is 564 g/mol. The van der Waals surface area contributed by atoms with Crippen LogP contribution in [0.15, 0.2) is 75.2 Å². The van der Waals surface area contributed by atoms with Gasteiger partial charge in [-0.05, 0) is 54.5 Å². The maximum atomic E-state index is 13.1. The summed E-state index contributed by atoms with van der Waals surface area (Å²) in [6.45, 7) is 1.90. The predicted octanol–water partition coefficient (Wildman–Crippen LogP) is 5.79. The smallest absolute Gasteiger partial charge is 0.335 e. The van der Waals surface area contributed by atoms with E-state index in [9.17, 15) is 14.4 Å². The molecular formula is C26H20Br2N2O4. The number of ether oxygens (including phenoxy) is 1. The Bertz CT molecular complexity index is 1330. The van der Waals surface area contributed by atoms with E-state index in [1.54, 1.807) is 37.4 Å². The van der Waals surface area contributed by atoms with Crippen molar-refractivity contribution in [3.8, 4) is 5.75 Å². The van der Waals surface area contributed by atoms with Crippen LogP contribution in [0.25, 0.3) is 6.08 Å². The van der Waals surface area contributed by atoms with Gasteiger partial charge in [0, 0.05) is 20.9 Å². The number of hydrogen-bond donors (Lipinski definition) is 1.